The average molecular weight is 254 g/mol. The standard InChI is InChI=1S/C11H14N2O5/c1-6-3-7(5-9(14)11(15)18-2)4-8(10(6)12)13(16)17/h3-4,9,14H,5,12H2,1-2H3. The van der Waals surface area contributed by atoms with Crippen LogP contribution in [0.5, 0.6) is 0 Å². The molecule has 1 aromatic carbocycles. The molecule has 7 nitrogen and oxygen atoms in total. The molecule has 0 aliphatic carbocycles. The van der Waals surface area contributed by atoms with Crippen molar-refractivity contribution in [3.63, 3.8) is 0 Å². The fourth-order valence-corrected chi connectivity index (χ4v) is 1.56. The summed E-state index contributed by atoms with van der Waals surface area (Å²) < 4.78 is 4.37. The minimum Gasteiger partial charge on any atom is -0.467 e. The van der Waals surface area contributed by atoms with E-state index in [1.165, 1.54) is 6.07 Å². The largest absolute Gasteiger partial charge is 0.467 e. The number of anilines is 1. The molecule has 0 saturated carbocycles. The first kappa shape index (κ1) is 13.9. The van der Waals surface area contributed by atoms with Gasteiger partial charge in [0.2, 0.25) is 0 Å². The Labute approximate surface area is 103 Å². The fourth-order valence-electron chi connectivity index (χ4n) is 1.56. The lowest BCUT2D eigenvalue weighted by Crippen LogP contribution is -2.24. The van der Waals surface area contributed by atoms with Crippen LogP contribution < -0.4 is 5.73 Å². The number of nitrogen functional groups attached to an aromatic ring is 1. The van der Waals surface area contributed by atoms with Crippen molar-refractivity contribution in [2.75, 3.05) is 12.8 Å². The molecular formula is C11H14N2O5. The molecule has 0 aliphatic rings. The molecule has 0 aromatic heterocycles. The number of aryl methyl sites for hydroxylation is 1. The number of carbonyl (C=O) groups is 1. The zero-order valence-electron chi connectivity index (χ0n) is 10.0. The van der Waals surface area contributed by atoms with E-state index < -0.39 is 17.0 Å². The molecule has 1 unspecified atom stereocenters. The van der Waals surface area contributed by atoms with Gasteiger partial charge in [-0.05, 0) is 18.1 Å². The number of aliphatic hydroxyl groups excluding tert-OH is 1. The summed E-state index contributed by atoms with van der Waals surface area (Å²) in [7, 11) is 1.15. The number of hydrogen-bond donors (Lipinski definition) is 2. The Kier molecular flexibility index (Phi) is 4.22. The second-order valence-electron chi connectivity index (χ2n) is 3.85. The van der Waals surface area contributed by atoms with E-state index in [0.29, 0.717) is 11.1 Å². The van der Waals surface area contributed by atoms with Gasteiger partial charge in [0.15, 0.2) is 6.10 Å². The highest BCUT2D eigenvalue weighted by Gasteiger charge is 2.20. The molecule has 7 heteroatoms. The van der Waals surface area contributed by atoms with Crippen molar-refractivity contribution < 1.29 is 19.6 Å². The molecule has 1 aromatic rings. The van der Waals surface area contributed by atoms with Gasteiger partial charge in [-0.3, -0.25) is 10.1 Å². The highest BCUT2D eigenvalue weighted by atomic mass is 16.6. The van der Waals surface area contributed by atoms with Crippen LogP contribution in [0.1, 0.15) is 11.1 Å². The summed E-state index contributed by atoms with van der Waals surface area (Å²) in [6.07, 6.45) is -1.41. The van der Waals surface area contributed by atoms with Crippen molar-refractivity contribution in [3.05, 3.63) is 33.4 Å². The van der Waals surface area contributed by atoms with Crippen molar-refractivity contribution >= 4 is 17.3 Å². The van der Waals surface area contributed by atoms with Crippen molar-refractivity contribution in [2.24, 2.45) is 0 Å². The Bertz CT molecular complexity index is 487. The van der Waals surface area contributed by atoms with Crippen LogP contribution in [-0.4, -0.2) is 29.2 Å². The monoisotopic (exact) mass is 254 g/mol. The van der Waals surface area contributed by atoms with E-state index in [1.807, 2.05) is 0 Å². The van der Waals surface area contributed by atoms with Gasteiger partial charge in [-0.25, -0.2) is 4.79 Å². The summed E-state index contributed by atoms with van der Waals surface area (Å²) in [5, 5.41) is 20.3. The summed E-state index contributed by atoms with van der Waals surface area (Å²) >= 11 is 0. The fraction of sp³-hybridized carbons (Fsp3) is 0.364. The number of esters is 1. The van der Waals surface area contributed by atoms with Crippen LogP contribution in [0, 0.1) is 17.0 Å². The molecule has 0 fully saturated rings. The van der Waals surface area contributed by atoms with Gasteiger partial charge in [0.05, 0.1) is 12.0 Å². The normalized spacial score (nSPS) is 11.9. The number of ether oxygens (including phenoxy) is 1. The molecule has 0 spiro atoms. The molecular weight excluding hydrogens is 240 g/mol. The molecule has 0 saturated heterocycles. The van der Waals surface area contributed by atoms with Gasteiger partial charge in [-0.2, -0.15) is 0 Å². The number of aliphatic hydroxyl groups is 1. The number of hydrogen-bond acceptors (Lipinski definition) is 6. The maximum atomic E-state index is 11.1. The molecule has 0 bridgehead atoms. The second-order valence-corrected chi connectivity index (χ2v) is 3.85. The quantitative estimate of drug-likeness (QED) is 0.351. The highest BCUT2D eigenvalue weighted by Crippen LogP contribution is 2.27. The number of nitrogens with two attached hydrogens (primary N) is 1. The Balaban J connectivity index is 3.04. The summed E-state index contributed by atoms with van der Waals surface area (Å²) in [6.45, 7) is 1.62. The molecule has 0 radical (unpaired) electrons. The van der Waals surface area contributed by atoms with Crippen LogP contribution in [0.3, 0.4) is 0 Å². The van der Waals surface area contributed by atoms with Gasteiger partial charge in [0.25, 0.3) is 5.69 Å². The maximum Gasteiger partial charge on any atom is 0.335 e. The molecule has 0 heterocycles. The van der Waals surface area contributed by atoms with E-state index in [1.54, 1.807) is 13.0 Å². The summed E-state index contributed by atoms with van der Waals surface area (Å²) in [5.74, 6) is -0.785. The average Bonchev–Trinajstić information content (AvgIpc) is 2.31. The van der Waals surface area contributed by atoms with Crippen LogP contribution in [-0.2, 0) is 16.0 Å². The summed E-state index contributed by atoms with van der Waals surface area (Å²) in [6, 6.07) is 2.84. The molecule has 1 rings (SSSR count). The Morgan fingerprint density at radius 1 is 1.61 bits per heavy atom. The zero-order valence-corrected chi connectivity index (χ0v) is 10.0. The zero-order chi connectivity index (χ0) is 13.9. The van der Waals surface area contributed by atoms with Crippen LogP contribution in [0.25, 0.3) is 0 Å². The third kappa shape index (κ3) is 2.95. The van der Waals surface area contributed by atoms with Gasteiger partial charge in [0, 0.05) is 12.5 Å². The molecule has 1 atom stereocenters. The third-order valence-electron chi connectivity index (χ3n) is 2.52. The molecule has 3 N–H and O–H groups in total. The van der Waals surface area contributed by atoms with Crippen LogP contribution >= 0.6 is 0 Å². The van der Waals surface area contributed by atoms with E-state index in [9.17, 15) is 20.0 Å². The van der Waals surface area contributed by atoms with Crippen molar-refractivity contribution in [2.45, 2.75) is 19.4 Å². The third-order valence-corrected chi connectivity index (χ3v) is 2.52. The van der Waals surface area contributed by atoms with Gasteiger partial charge in [0.1, 0.15) is 5.69 Å². The Morgan fingerprint density at radius 3 is 2.72 bits per heavy atom. The minimum atomic E-state index is -1.35. The first-order valence-electron chi connectivity index (χ1n) is 5.16. The van der Waals surface area contributed by atoms with E-state index in [2.05, 4.69) is 4.74 Å². The second kappa shape index (κ2) is 5.46. The first-order chi connectivity index (χ1) is 8.36. The van der Waals surface area contributed by atoms with E-state index in [0.717, 1.165) is 7.11 Å². The number of nitro groups is 1. The van der Waals surface area contributed by atoms with Gasteiger partial charge in [-0.1, -0.05) is 6.07 Å². The maximum absolute atomic E-state index is 11.1. The summed E-state index contributed by atoms with van der Waals surface area (Å²) in [4.78, 5) is 21.2. The van der Waals surface area contributed by atoms with Gasteiger partial charge < -0.3 is 15.6 Å². The number of benzene rings is 1. The van der Waals surface area contributed by atoms with E-state index >= 15 is 0 Å². The molecule has 0 aliphatic heterocycles. The number of nitro benzene ring substituents is 1. The SMILES string of the molecule is COC(=O)C(O)Cc1cc(C)c(N)c([N+](=O)[O-])c1. The molecule has 0 amide bonds. The number of rotatable bonds is 4. The predicted octanol–water partition coefficient (Wildman–Crippen LogP) is 0.562. The van der Waals surface area contributed by atoms with E-state index in [4.69, 9.17) is 5.73 Å². The summed E-state index contributed by atoms with van der Waals surface area (Å²) in [5.41, 5.74) is 6.39. The van der Waals surface area contributed by atoms with Crippen LogP contribution in [0.2, 0.25) is 0 Å². The first-order valence-corrected chi connectivity index (χ1v) is 5.16. The number of carbonyl (C=O) groups excluding carboxylic acids is 1. The number of nitrogens with zero attached hydrogens (tertiary/aromatic N) is 1. The highest BCUT2D eigenvalue weighted by molar-refractivity contribution is 5.75. The van der Waals surface area contributed by atoms with Gasteiger partial charge in [-0.15, -0.1) is 0 Å². The lowest BCUT2D eigenvalue weighted by atomic mass is 10.0. The lowest BCUT2D eigenvalue weighted by molar-refractivity contribution is -0.384. The molecule has 18 heavy (non-hydrogen) atoms. The minimum absolute atomic E-state index is 0.0609. The smallest absolute Gasteiger partial charge is 0.335 e. The predicted molar refractivity (Wildman–Crippen MR) is 64.0 cm³/mol. The Hall–Kier alpha value is -2.15. The number of methoxy groups -OCH3 is 1. The Morgan fingerprint density at radius 2 is 2.22 bits per heavy atom. The van der Waals surface area contributed by atoms with Crippen LogP contribution in [0.15, 0.2) is 12.1 Å². The van der Waals surface area contributed by atoms with E-state index in [-0.39, 0.29) is 17.8 Å². The van der Waals surface area contributed by atoms with Crippen molar-refractivity contribution in [1.82, 2.24) is 0 Å². The lowest BCUT2D eigenvalue weighted by Gasteiger charge is -2.10. The topological polar surface area (TPSA) is 116 Å². The van der Waals surface area contributed by atoms with Gasteiger partial charge >= 0.3 is 5.97 Å². The van der Waals surface area contributed by atoms with Crippen molar-refractivity contribution in [1.29, 1.82) is 0 Å². The van der Waals surface area contributed by atoms with Crippen molar-refractivity contribution in [3.8, 4) is 0 Å². The van der Waals surface area contributed by atoms with Crippen LogP contribution in [0.4, 0.5) is 11.4 Å². The molecule has 98 valence electrons.